The molecule has 0 N–H and O–H groups in total. The van der Waals surface area contributed by atoms with Crippen LogP contribution in [0, 0.1) is 5.82 Å². The van der Waals surface area contributed by atoms with E-state index in [0.29, 0.717) is 31.0 Å². The van der Waals surface area contributed by atoms with Gasteiger partial charge in [0, 0.05) is 32.2 Å². The van der Waals surface area contributed by atoms with Crippen LogP contribution in [0.4, 0.5) is 32.2 Å². The topological polar surface area (TPSA) is 62.5 Å². The number of aromatic nitrogens is 5. The maximum Gasteiger partial charge on any atom is 0.458 e. The van der Waals surface area contributed by atoms with Gasteiger partial charge in [0.05, 0.1) is 16.6 Å². The molecule has 2 aromatic heterocycles. The van der Waals surface area contributed by atoms with Crippen molar-refractivity contribution in [3.63, 3.8) is 0 Å². The summed E-state index contributed by atoms with van der Waals surface area (Å²) >= 11 is 0. The summed E-state index contributed by atoms with van der Waals surface area (Å²) in [6, 6.07) is 0.938. The van der Waals surface area contributed by atoms with Gasteiger partial charge in [0.1, 0.15) is 5.82 Å². The number of halogens is 6. The van der Waals surface area contributed by atoms with E-state index in [-0.39, 0.29) is 16.7 Å². The first-order valence-electron chi connectivity index (χ1n) is 8.19. The molecule has 0 saturated carbocycles. The molecule has 1 aromatic carbocycles. The quantitative estimate of drug-likeness (QED) is 0.610. The Morgan fingerprint density at radius 1 is 1.00 bits per heavy atom. The van der Waals surface area contributed by atoms with E-state index in [1.165, 1.54) is 0 Å². The van der Waals surface area contributed by atoms with Gasteiger partial charge in [-0.15, -0.1) is 5.10 Å². The van der Waals surface area contributed by atoms with Crippen molar-refractivity contribution < 1.29 is 26.3 Å². The van der Waals surface area contributed by atoms with Crippen LogP contribution >= 0.6 is 0 Å². The second-order valence-electron chi connectivity index (χ2n) is 6.53. The Morgan fingerprint density at radius 2 is 1.68 bits per heavy atom. The minimum Gasteiger partial charge on any atom is -0.351 e. The smallest absolute Gasteiger partial charge is 0.351 e. The molecular weight excluding hydrogens is 392 g/mol. The third-order valence-electron chi connectivity index (χ3n) is 4.69. The molecule has 3 heterocycles. The van der Waals surface area contributed by atoms with Crippen molar-refractivity contribution in [2.75, 3.05) is 38.1 Å². The number of hydrogen-bond acceptors (Lipinski definition) is 6. The Balaban J connectivity index is 1.91. The van der Waals surface area contributed by atoms with E-state index >= 15 is 0 Å². The summed E-state index contributed by atoms with van der Waals surface area (Å²) in [5.41, 5.74) is -2.10. The van der Waals surface area contributed by atoms with Gasteiger partial charge in [0.25, 0.3) is 0 Å². The summed E-state index contributed by atoms with van der Waals surface area (Å²) in [5, 5.41) is 10.9. The van der Waals surface area contributed by atoms with Crippen molar-refractivity contribution in [3.05, 3.63) is 23.5 Å². The Bertz CT molecular complexity index is 1040. The van der Waals surface area contributed by atoms with Crippen molar-refractivity contribution in [2.45, 2.75) is 12.1 Å². The average Bonchev–Trinajstić information content (AvgIpc) is 3.10. The molecule has 0 radical (unpaired) electrons. The number of tetrazole rings is 1. The number of fused-ring (bicyclic) bond motifs is 3. The van der Waals surface area contributed by atoms with Crippen molar-refractivity contribution >= 4 is 22.5 Å². The van der Waals surface area contributed by atoms with E-state index < -0.39 is 23.5 Å². The van der Waals surface area contributed by atoms with Crippen LogP contribution in [0.3, 0.4) is 0 Å². The number of nitrogens with zero attached hydrogens (tertiary/aromatic N) is 7. The number of rotatable bonds is 2. The van der Waals surface area contributed by atoms with Gasteiger partial charge < -0.3 is 9.80 Å². The summed E-state index contributed by atoms with van der Waals surface area (Å²) in [6.07, 6.45) is -5.95. The number of benzene rings is 1. The predicted octanol–water partition coefficient (Wildman–Crippen LogP) is 2.22. The van der Waals surface area contributed by atoms with Gasteiger partial charge >= 0.3 is 12.1 Å². The van der Waals surface area contributed by atoms with Gasteiger partial charge in [-0.25, -0.2) is 9.37 Å². The molecule has 0 bridgehead atoms. The highest BCUT2D eigenvalue weighted by molar-refractivity contribution is 5.83. The van der Waals surface area contributed by atoms with E-state index in [1.54, 1.807) is 0 Å². The summed E-state index contributed by atoms with van der Waals surface area (Å²) in [5.74, 6) is -6.78. The predicted molar refractivity (Wildman–Crippen MR) is 85.7 cm³/mol. The molecule has 1 aliphatic rings. The number of alkyl halides is 5. The lowest BCUT2D eigenvalue weighted by Gasteiger charge is -2.33. The zero-order valence-corrected chi connectivity index (χ0v) is 14.4. The zero-order chi connectivity index (χ0) is 20.3. The Kier molecular flexibility index (Phi) is 4.10. The van der Waals surface area contributed by atoms with E-state index in [1.807, 2.05) is 11.9 Å². The monoisotopic (exact) mass is 405 g/mol. The van der Waals surface area contributed by atoms with Crippen LogP contribution < -0.4 is 4.90 Å². The molecule has 3 aromatic rings. The molecule has 0 atom stereocenters. The Morgan fingerprint density at radius 3 is 2.32 bits per heavy atom. The van der Waals surface area contributed by atoms with Gasteiger partial charge in [-0.3, -0.25) is 0 Å². The van der Waals surface area contributed by atoms with E-state index in [9.17, 15) is 26.3 Å². The second-order valence-corrected chi connectivity index (χ2v) is 6.53. The van der Waals surface area contributed by atoms with Crippen molar-refractivity contribution in [1.82, 2.24) is 29.9 Å². The molecule has 0 unspecified atom stereocenters. The molecule has 0 aliphatic carbocycles. The first-order chi connectivity index (χ1) is 13.1. The minimum absolute atomic E-state index is 0.0879. The maximum atomic E-state index is 14.2. The zero-order valence-electron chi connectivity index (χ0n) is 14.4. The normalized spacial score (nSPS) is 17.0. The fourth-order valence-corrected chi connectivity index (χ4v) is 3.09. The van der Waals surface area contributed by atoms with E-state index in [0.717, 1.165) is 17.6 Å². The van der Waals surface area contributed by atoms with Gasteiger partial charge in [-0.1, -0.05) is 0 Å². The van der Waals surface area contributed by atoms with Gasteiger partial charge in [-0.2, -0.15) is 26.5 Å². The highest BCUT2D eigenvalue weighted by Gasteiger charge is 2.60. The first kappa shape index (κ1) is 18.7. The van der Waals surface area contributed by atoms with Crippen LogP contribution in [0.25, 0.3) is 16.7 Å². The number of piperazine rings is 1. The molecule has 13 heteroatoms. The van der Waals surface area contributed by atoms with Crippen LogP contribution in [0.15, 0.2) is 12.1 Å². The standard InChI is InChI=1S/C15H13F6N7/c1-26-2-4-27(5-3-26)12-13-23-24-25-28(13)11-6-8(9(16)7-10(11)22-12)14(17,18)15(19,20)21/h6-7H,2-5H2,1H3. The molecule has 150 valence electrons. The SMILES string of the molecule is CN1CCN(c2nc3cc(F)c(C(F)(F)C(F)(F)F)cc3n3nnnc23)CC1. The third-order valence-corrected chi connectivity index (χ3v) is 4.69. The molecule has 0 spiro atoms. The average molecular weight is 405 g/mol. The van der Waals surface area contributed by atoms with Gasteiger partial charge in [-0.05, 0) is 23.5 Å². The highest BCUT2D eigenvalue weighted by atomic mass is 19.4. The largest absolute Gasteiger partial charge is 0.458 e. The van der Waals surface area contributed by atoms with Gasteiger partial charge in [0.2, 0.25) is 5.65 Å². The van der Waals surface area contributed by atoms with Crippen LogP contribution in [-0.4, -0.2) is 69.3 Å². The van der Waals surface area contributed by atoms with Crippen LogP contribution in [-0.2, 0) is 5.92 Å². The van der Waals surface area contributed by atoms with Crippen molar-refractivity contribution in [2.24, 2.45) is 0 Å². The first-order valence-corrected chi connectivity index (χ1v) is 8.19. The highest BCUT2D eigenvalue weighted by Crippen LogP contribution is 2.45. The second kappa shape index (κ2) is 6.15. The molecule has 1 aliphatic heterocycles. The van der Waals surface area contributed by atoms with E-state index in [2.05, 4.69) is 25.4 Å². The number of anilines is 1. The molecule has 7 nitrogen and oxygen atoms in total. The van der Waals surface area contributed by atoms with Crippen LogP contribution in [0.5, 0.6) is 0 Å². The molecule has 28 heavy (non-hydrogen) atoms. The van der Waals surface area contributed by atoms with E-state index in [4.69, 9.17) is 0 Å². The lowest BCUT2D eigenvalue weighted by atomic mass is 10.1. The summed E-state index contributed by atoms with van der Waals surface area (Å²) in [4.78, 5) is 8.18. The molecular formula is C15H13F6N7. The summed E-state index contributed by atoms with van der Waals surface area (Å²) < 4.78 is 80.7. The lowest BCUT2D eigenvalue weighted by molar-refractivity contribution is -0.290. The fourth-order valence-electron chi connectivity index (χ4n) is 3.09. The minimum atomic E-state index is -5.95. The summed E-state index contributed by atoms with van der Waals surface area (Å²) in [7, 11) is 1.94. The number of hydrogen-bond donors (Lipinski definition) is 0. The van der Waals surface area contributed by atoms with Gasteiger partial charge in [0.15, 0.2) is 5.82 Å². The fraction of sp³-hybridized carbons (Fsp3) is 0.467. The lowest BCUT2D eigenvalue weighted by Crippen LogP contribution is -2.45. The molecule has 1 saturated heterocycles. The Labute approximate surface area is 153 Å². The number of likely N-dealkylation sites (N-methyl/N-ethyl adjacent to an activating group) is 1. The Hall–Kier alpha value is -2.70. The molecule has 0 amide bonds. The van der Waals surface area contributed by atoms with Crippen molar-refractivity contribution in [1.29, 1.82) is 0 Å². The van der Waals surface area contributed by atoms with Crippen LogP contribution in [0.2, 0.25) is 0 Å². The molecule has 1 fully saturated rings. The maximum absolute atomic E-state index is 14.2. The summed E-state index contributed by atoms with van der Waals surface area (Å²) in [6.45, 7) is 2.59. The van der Waals surface area contributed by atoms with Crippen molar-refractivity contribution in [3.8, 4) is 0 Å². The molecule has 4 rings (SSSR count). The third kappa shape index (κ3) is 2.80. The van der Waals surface area contributed by atoms with Crippen LogP contribution in [0.1, 0.15) is 5.56 Å².